The van der Waals surface area contributed by atoms with Crippen LogP contribution in [0.2, 0.25) is 0 Å². The van der Waals surface area contributed by atoms with Gasteiger partial charge in [0.05, 0.1) is 11.7 Å². The third-order valence-corrected chi connectivity index (χ3v) is 3.75. The lowest BCUT2D eigenvalue weighted by Gasteiger charge is -2.05. The van der Waals surface area contributed by atoms with Gasteiger partial charge < -0.3 is 9.67 Å². The molecule has 0 spiro atoms. The molecule has 22 heavy (non-hydrogen) atoms. The Kier molecular flexibility index (Phi) is 3.33. The summed E-state index contributed by atoms with van der Waals surface area (Å²) in [5.74, 6) is -1.44. The molecule has 1 aromatic carbocycles. The van der Waals surface area contributed by atoms with Crippen LogP contribution in [0.5, 0.6) is 0 Å². The van der Waals surface area contributed by atoms with Crippen molar-refractivity contribution in [2.75, 3.05) is 0 Å². The monoisotopic (exact) mass is 302 g/mol. The van der Waals surface area contributed by atoms with Gasteiger partial charge in [0.1, 0.15) is 5.82 Å². The molecule has 1 unspecified atom stereocenters. The van der Waals surface area contributed by atoms with Crippen molar-refractivity contribution < 1.29 is 19.1 Å². The van der Waals surface area contributed by atoms with Crippen LogP contribution in [-0.4, -0.2) is 27.6 Å². The molecule has 1 atom stereocenters. The number of benzene rings is 1. The van der Waals surface area contributed by atoms with Crippen LogP contribution < -0.4 is 5.32 Å². The van der Waals surface area contributed by atoms with E-state index in [0.29, 0.717) is 10.9 Å². The number of aromatic nitrogens is 1. The van der Waals surface area contributed by atoms with Gasteiger partial charge in [0.25, 0.3) is 11.8 Å². The molecule has 2 amide bonds. The van der Waals surface area contributed by atoms with Crippen LogP contribution >= 0.6 is 0 Å². The number of nitrogens with zero attached hydrogens (tertiary/aromatic N) is 1. The number of carbonyl (C=O) groups is 2. The molecule has 0 aliphatic carbocycles. The zero-order valence-electron chi connectivity index (χ0n) is 12.2. The number of imide groups is 1. The second kappa shape index (κ2) is 5.06. The molecule has 5 nitrogen and oxygen atoms in total. The minimum absolute atomic E-state index is 0.0681. The van der Waals surface area contributed by atoms with Crippen molar-refractivity contribution in [2.24, 2.45) is 7.05 Å². The molecule has 6 heteroatoms. The number of nitrogens with one attached hydrogen (secondary N) is 1. The first-order valence-electron chi connectivity index (χ1n) is 6.90. The molecule has 3 rings (SSSR count). The number of aliphatic hydroxyl groups excluding tert-OH is 1. The van der Waals surface area contributed by atoms with Crippen molar-refractivity contribution in [3.63, 3.8) is 0 Å². The number of carbonyl (C=O) groups excluding carboxylic acids is 2. The Morgan fingerprint density at radius 2 is 2.05 bits per heavy atom. The van der Waals surface area contributed by atoms with E-state index in [9.17, 15) is 19.1 Å². The second-order valence-electron chi connectivity index (χ2n) is 5.51. The minimum Gasteiger partial charge on any atom is -0.393 e. The third kappa shape index (κ3) is 2.21. The first-order valence-corrected chi connectivity index (χ1v) is 6.90. The Morgan fingerprint density at radius 3 is 2.73 bits per heavy atom. The average molecular weight is 302 g/mol. The lowest BCUT2D eigenvalue weighted by Crippen LogP contribution is -2.23. The van der Waals surface area contributed by atoms with Crippen LogP contribution in [0.15, 0.2) is 30.0 Å². The van der Waals surface area contributed by atoms with E-state index in [1.807, 2.05) is 0 Å². The number of hydrogen-bond acceptors (Lipinski definition) is 3. The third-order valence-electron chi connectivity index (χ3n) is 3.75. The Labute approximate surface area is 126 Å². The summed E-state index contributed by atoms with van der Waals surface area (Å²) in [6.07, 6.45) is 1.01. The maximum absolute atomic E-state index is 13.6. The van der Waals surface area contributed by atoms with Crippen LogP contribution in [0.4, 0.5) is 4.39 Å². The van der Waals surface area contributed by atoms with Gasteiger partial charge in [-0.3, -0.25) is 14.9 Å². The van der Waals surface area contributed by atoms with Gasteiger partial charge in [0.15, 0.2) is 0 Å². The van der Waals surface area contributed by atoms with Crippen molar-refractivity contribution in [1.29, 1.82) is 0 Å². The molecule has 0 fully saturated rings. The summed E-state index contributed by atoms with van der Waals surface area (Å²) in [6, 6.07) is 4.31. The number of halogens is 1. The summed E-state index contributed by atoms with van der Waals surface area (Å²) < 4.78 is 15.3. The highest BCUT2D eigenvalue weighted by atomic mass is 19.1. The molecule has 0 radical (unpaired) electrons. The first kappa shape index (κ1) is 14.5. The SMILES string of the molecule is CC(O)CC1=C(c2cn(C)c3ccc(F)cc23)C(=O)NC1=O. The van der Waals surface area contributed by atoms with Gasteiger partial charge in [-0.05, 0) is 25.1 Å². The van der Waals surface area contributed by atoms with Crippen molar-refractivity contribution in [3.8, 4) is 0 Å². The molecule has 1 aliphatic heterocycles. The molecule has 2 aromatic rings. The minimum atomic E-state index is -0.756. The fourth-order valence-electron chi connectivity index (χ4n) is 2.83. The van der Waals surface area contributed by atoms with Gasteiger partial charge in [-0.2, -0.15) is 0 Å². The van der Waals surface area contributed by atoms with Crippen molar-refractivity contribution >= 4 is 28.3 Å². The molecule has 0 saturated heterocycles. The zero-order chi connectivity index (χ0) is 16.0. The van der Waals surface area contributed by atoms with E-state index in [1.165, 1.54) is 12.1 Å². The highest BCUT2D eigenvalue weighted by Crippen LogP contribution is 2.33. The van der Waals surface area contributed by atoms with Gasteiger partial charge in [0.2, 0.25) is 0 Å². The average Bonchev–Trinajstić information content (AvgIpc) is 2.87. The number of amides is 2. The van der Waals surface area contributed by atoms with Gasteiger partial charge in [0, 0.05) is 41.7 Å². The molecular formula is C16H15FN2O3. The van der Waals surface area contributed by atoms with Crippen molar-refractivity contribution in [3.05, 3.63) is 41.3 Å². The largest absolute Gasteiger partial charge is 0.393 e. The normalized spacial score (nSPS) is 16.5. The molecule has 1 aliphatic rings. The predicted octanol–water partition coefficient (Wildman–Crippen LogP) is 1.50. The summed E-state index contributed by atoms with van der Waals surface area (Å²) in [5, 5.41) is 12.4. The standard InChI is InChI=1S/C16H15FN2O3/c1-8(20)5-11-14(16(22)18-15(11)21)12-7-19(2)13-4-3-9(17)6-10(12)13/h3-4,6-8,20H,5H2,1-2H3,(H,18,21,22). The van der Waals surface area contributed by atoms with Crippen LogP contribution in [0, 0.1) is 5.82 Å². The maximum Gasteiger partial charge on any atom is 0.259 e. The van der Waals surface area contributed by atoms with E-state index in [2.05, 4.69) is 5.32 Å². The topological polar surface area (TPSA) is 71.3 Å². The van der Waals surface area contributed by atoms with Gasteiger partial charge >= 0.3 is 0 Å². The first-order chi connectivity index (χ1) is 10.4. The number of hydrogen-bond donors (Lipinski definition) is 2. The molecule has 1 aromatic heterocycles. The lowest BCUT2D eigenvalue weighted by molar-refractivity contribution is -0.123. The molecular weight excluding hydrogens is 287 g/mol. The Hall–Kier alpha value is -2.47. The van der Waals surface area contributed by atoms with Gasteiger partial charge in [-0.25, -0.2) is 4.39 Å². The Morgan fingerprint density at radius 1 is 1.32 bits per heavy atom. The van der Waals surface area contributed by atoms with Crippen molar-refractivity contribution in [2.45, 2.75) is 19.4 Å². The summed E-state index contributed by atoms with van der Waals surface area (Å²) in [4.78, 5) is 24.1. The van der Waals surface area contributed by atoms with Crippen LogP contribution in [0.1, 0.15) is 18.9 Å². The quantitative estimate of drug-likeness (QED) is 0.844. The molecule has 2 N–H and O–H groups in total. The van der Waals surface area contributed by atoms with E-state index in [1.54, 1.807) is 30.8 Å². The lowest BCUT2D eigenvalue weighted by atomic mass is 9.97. The summed E-state index contributed by atoms with van der Waals surface area (Å²) >= 11 is 0. The highest BCUT2D eigenvalue weighted by molar-refractivity contribution is 6.37. The zero-order valence-corrected chi connectivity index (χ0v) is 12.2. The van der Waals surface area contributed by atoms with E-state index in [-0.39, 0.29) is 17.6 Å². The Bertz CT molecular complexity index is 833. The van der Waals surface area contributed by atoms with E-state index >= 15 is 0 Å². The van der Waals surface area contributed by atoms with Gasteiger partial charge in [-0.1, -0.05) is 0 Å². The van der Waals surface area contributed by atoms with Crippen LogP contribution in [0.25, 0.3) is 16.5 Å². The second-order valence-corrected chi connectivity index (χ2v) is 5.51. The van der Waals surface area contributed by atoms with Gasteiger partial charge in [-0.15, -0.1) is 0 Å². The fourth-order valence-corrected chi connectivity index (χ4v) is 2.83. The molecule has 114 valence electrons. The predicted molar refractivity (Wildman–Crippen MR) is 79.2 cm³/mol. The summed E-state index contributed by atoms with van der Waals surface area (Å²) in [5.41, 5.74) is 1.70. The Balaban J connectivity index is 2.28. The number of rotatable bonds is 3. The van der Waals surface area contributed by atoms with E-state index in [0.717, 1.165) is 5.52 Å². The molecule has 2 heterocycles. The van der Waals surface area contributed by atoms with E-state index in [4.69, 9.17) is 0 Å². The number of aryl methyl sites for hydroxylation is 1. The van der Waals surface area contributed by atoms with E-state index < -0.39 is 23.7 Å². The smallest absolute Gasteiger partial charge is 0.259 e. The number of fused-ring (bicyclic) bond motifs is 1. The molecule has 0 saturated carbocycles. The summed E-state index contributed by atoms with van der Waals surface area (Å²) in [6.45, 7) is 1.55. The van der Waals surface area contributed by atoms with Crippen LogP contribution in [-0.2, 0) is 16.6 Å². The molecule has 0 bridgehead atoms. The number of aliphatic hydroxyl groups is 1. The van der Waals surface area contributed by atoms with Crippen LogP contribution in [0.3, 0.4) is 0 Å². The summed E-state index contributed by atoms with van der Waals surface area (Å²) in [7, 11) is 1.79. The maximum atomic E-state index is 13.6. The fraction of sp³-hybridized carbons (Fsp3) is 0.250. The highest BCUT2D eigenvalue weighted by Gasteiger charge is 2.33. The van der Waals surface area contributed by atoms with Crippen molar-refractivity contribution in [1.82, 2.24) is 9.88 Å².